The highest BCUT2D eigenvalue weighted by Crippen LogP contribution is 2.33. The van der Waals surface area contributed by atoms with E-state index >= 15 is 0 Å². The molecule has 0 aromatic carbocycles. The van der Waals surface area contributed by atoms with E-state index in [-0.39, 0.29) is 11.0 Å². The van der Waals surface area contributed by atoms with Gasteiger partial charge in [-0.05, 0) is 18.8 Å². The average molecular weight is 216 g/mol. The van der Waals surface area contributed by atoms with Crippen molar-refractivity contribution in [2.75, 3.05) is 0 Å². The van der Waals surface area contributed by atoms with Crippen LogP contribution in [0.5, 0.6) is 0 Å². The molecule has 1 atom stereocenters. The van der Waals surface area contributed by atoms with Crippen LogP contribution in [-0.2, 0) is 9.59 Å². The van der Waals surface area contributed by atoms with Crippen LogP contribution in [0.15, 0.2) is 0 Å². The highest BCUT2D eigenvalue weighted by atomic mass is 32.2. The third kappa shape index (κ3) is 3.33. The van der Waals surface area contributed by atoms with E-state index in [9.17, 15) is 9.59 Å². The van der Waals surface area contributed by atoms with Crippen molar-refractivity contribution < 1.29 is 14.7 Å². The number of aliphatic carboxylic acids is 1. The fourth-order valence-corrected chi connectivity index (χ4v) is 2.89. The first-order valence-electron chi connectivity index (χ1n) is 5.01. The van der Waals surface area contributed by atoms with Gasteiger partial charge in [0.25, 0.3) is 0 Å². The Balaban J connectivity index is 2.56. The number of hydrogen-bond donors (Lipinski definition) is 1. The van der Waals surface area contributed by atoms with Crippen LogP contribution < -0.4 is 0 Å². The number of rotatable bonds is 3. The molecule has 0 amide bonds. The lowest BCUT2D eigenvalue weighted by Gasteiger charge is -2.26. The van der Waals surface area contributed by atoms with Gasteiger partial charge in [-0.2, -0.15) is 0 Å². The van der Waals surface area contributed by atoms with E-state index in [1.807, 2.05) is 0 Å². The molecular formula is C10H16O3S. The molecule has 0 bridgehead atoms. The van der Waals surface area contributed by atoms with E-state index in [0.29, 0.717) is 0 Å². The molecule has 3 nitrogen and oxygen atoms in total. The van der Waals surface area contributed by atoms with Crippen LogP contribution in [-0.4, -0.2) is 21.4 Å². The molecular weight excluding hydrogens is 200 g/mol. The second-order valence-electron chi connectivity index (χ2n) is 3.77. The lowest BCUT2D eigenvalue weighted by molar-refractivity contribution is -0.137. The average Bonchev–Trinajstić information content (AvgIpc) is 2.15. The van der Waals surface area contributed by atoms with E-state index < -0.39 is 11.2 Å². The van der Waals surface area contributed by atoms with Crippen LogP contribution in [0.2, 0.25) is 0 Å². The first kappa shape index (κ1) is 11.6. The summed E-state index contributed by atoms with van der Waals surface area (Å²) in [4.78, 5) is 21.9. The van der Waals surface area contributed by atoms with E-state index in [0.717, 1.165) is 37.4 Å². The third-order valence-corrected chi connectivity index (χ3v) is 3.79. The van der Waals surface area contributed by atoms with Gasteiger partial charge in [-0.1, -0.05) is 31.0 Å². The normalized spacial score (nSPS) is 20.4. The quantitative estimate of drug-likeness (QED) is 0.786. The molecule has 1 aliphatic rings. The van der Waals surface area contributed by atoms with Crippen molar-refractivity contribution in [3.63, 3.8) is 0 Å². The first-order chi connectivity index (χ1) is 6.61. The van der Waals surface area contributed by atoms with Crippen LogP contribution in [0.3, 0.4) is 0 Å². The molecule has 1 aliphatic carbocycles. The lowest BCUT2D eigenvalue weighted by atomic mass is 9.87. The summed E-state index contributed by atoms with van der Waals surface area (Å²) < 4.78 is 0. The van der Waals surface area contributed by atoms with Crippen molar-refractivity contribution in [1.29, 1.82) is 0 Å². The van der Waals surface area contributed by atoms with E-state index in [4.69, 9.17) is 5.11 Å². The van der Waals surface area contributed by atoms with Crippen LogP contribution in [0.25, 0.3) is 0 Å². The van der Waals surface area contributed by atoms with Gasteiger partial charge in [-0.3, -0.25) is 9.59 Å². The predicted molar refractivity (Wildman–Crippen MR) is 56.3 cm³/mol. The van der Waals surface area contributed by atoms with E-state index in [1.165, 1.54) is 13.3 Å². The Kier molecular flexibility index (Phi) is 4.45. The molecule has 0 unspecified atom stereocenters. The van der Waals surface area contributed by atoms with Crippen LogP contribution >= 0.6 is 11.8 Å². The smallest absolute Gasteiger partial charge is 0.317 e. The van der Waals surface area contributed by atoms with Crippen LogP contribution in [0.4, 0.5) is 0 Å². The molecule has 1 N–H and O–H groups in total. The molecule has 4 heteroatoms. The summed E-state index contributed by atoms with van der Waals surface area (Å²) >= 11 is 0.976. The number of carboxylic acid groups (broad SMARTS) is 1. The van der Waals surface area contributed by atoms with Crippen molar-refractivity contribution in [2.45, 2.75) is 44.3 Å². The maximum absolute atomic E-state index is 11.0. The van der Waals surface area contributed by atoms with Crippen molar-refractivity contribution in [2.24, 2.45) is 5.92 Å². The van der Waals surface area contributed by atoms with E-state index in [1.54, 1.807) is 0 Å². The standard InChI is InChI=1S/C10H16O3S/c1-7(11)14-9(10(12)13)8-5-3-2-4-6-8/h8-9H,2-6H2,1H3,(H,12,13)/t9-/m0/s1. The largest absolute Gasteiger partial charge is 0.480 e. The molecule has 0 spiro atoms. The molecule has 1 rings (SSSR count). The molecule has 80 valence electrons. The molecule has 0 aliphatic heterocycles. The second-order valence-corrected chi connectivity index (χ2v) is 5.08. The number of hydrogen-bond acceptors (Lipinski definition) is 3. The van der Waals surface area contributed by atoms with Crippen LogP contribution in [0, 0.1) is 5.92 Å². The predicted octanol–water partition coefficient (Wildman–Crippen LogP) is 2.30. The van der Waals surface area contributed by atoms with Gasteiger partial charge in [0.2, 0.25) is 0 Å². The molecule has 0 aromatic heterocycles. The molecule has 1 fully saturated rings. The lowest BCUT2D eigenvalue weighted by Crippen LogP contribution is -2.29. The summed E-state index contributed by atoms with van der Waals surface area (Å²) in [7, 11) is 0. The van der Waals surface area contributed by atoms with Crippen molar-refractivity contribution in [1.82, 2.24) is 0 Å². The van der Waals surface area contributed by atoms with Gasteiger partial charge in [-0.25, -0.2) is 0 Å². The Morgan fingerprint density at radius 1 is 1.29 bits per heavy atom. The summed E-state index contributed by atoms with van der Waals surface area (Å²) in [6.07, 6.45) is 5.32. The Bertz CT molecular complexity index is 221. The molecule has 14 heavy (non-hydrogen) atoms. The number of carbonyl (C=O) groups excluding carboxylic acids is 1. The molecule has 0 saturated heterocycles. The maximum atomic E-state index is 11.0. The minimum absolute atomic E-state index is 0.0945. The van der Waals surface area contributed by atoms with Gasteiger partial charge in [0, 0.05) is 6.92 Å². The summed E-state index contributed by atoms with van der Waals surface area (Å²) in [6, 6.07) is 0. The SMILES string of the molecule is CC(=O)S[C@H](C(=O)O)C1CCCCC1. The number of carbonyl (C=O) groups is 2. The Labute approximate surface area is 88.3 Å². The Morgan fingerprint density at radius 2 is 1.86 bits per heavy atom. The molecule has 0 heterocycles. The number of carboxylic acids is 1. The minimum atomic E-state index is -0.836. The fraction of sp³-hybridized carbons (Fsp3) is 0.800. The zero-order chi connectivity index (χ0) is 10.6. The fourth-order valence-electron chi connectivity index (χ4n) is 1.96. The molecule has 0 radical (unpaired) electrons. The monoisotopic (exact) mass is 216 g/mol. The van der Waals surface area contributed by atoms with Crippen molar-refractivity contribution >= 4 is 22.8 Å². The molecule has 0 aromatic rings. The zero-order valence-corrected chi connectivity index (χ0v) is 9.18. The maximum Gasteiger partial charge on any atom is 0.317 e. The highest BCUT2D eigenvalue weighted by molar-refractivity contribution is 8.14. The minimum Gasteiger partial charge on any atom is -0.480 e. The summed E-state index contributed by atoms with van der Waals surface area (Å²) in [5.74, 6) is -0.646. The van der Waals surface area contributed by atoms with Gasteiger partial charge in [0.05, 0.1) is 0 Å². The first-order valence-corrected chi connectivity index (χ1v) is 5.89. The summed E-state index contributed by atoms with van der Waals surface area (Å²) in [6.45, 7) is 1.43. The van der Waals surface area contributed by atoms with Gasteiger partial charge < -0.3 is 5.11 Å². The topological polar surface area (TPSA) is 54.4 Å². The van der Waals surface area contributed by atoms with E-state index in [2.05, 4.69) is 0 Å². The number of thioether (sulfide) groups is 1. The Hall–Kier alpha value is -0.510. The third-order valence-electron chi connectivity index (χ3n) is 2.61. The Morgan fingerprint density at radius 3 is 2.29 bits per heavy atom. The summed E-state index contributed by atoms with van der Waals surface area (Å²) in [5, 5.41) is 8.39. The highest BCUT2D eigenvalue weighted by Gasteiger charge is 2.30. The van der Waals surface area contributed by atoms with Gasteiger partial charge in [0.1, 0.15) is 5.25 Å². The van der Waals surface area contributed by atoms with Crippen molar-refractivity contribution in [3.8, 4) is 0 Å². The summed E-state index contributed by atoms with van der Waals surface area (Å²) in [5.41, 5.74) is 0. The van der Waals surface area contributed by atoms with Crippen LogP contribution in [0.1, 0.15) is 39.0 Å². The van der Waals surface area contributed by atoms with Gasteiger partial charge in [0.15, 0.2) is 5.12 Å². The zero-order valence-electron chi connectivity index (χ0n) is 8.36. The van der Waals surface area contributed by atoms with Crippen molar-refractivity contribution in [3.05, 3.63) is 0 Å². The second kappa shape index (κ2) is 5.39. The van der Waals surface area contributed by atoms with Gasteiger partial charge in [-0.15, -0.1) is 0 Å². The molecule has 1 saturated carbocycles. The van der Waals surface area contributed by atoms with Gasteiger partial charge >= 0.3 is 5.97 Å².